The molecule has 8 nitrogen and oxygen atoms in total. The zero-order valence-corrected chi connectivity index (χ0v) is 17.1. The Morgan fingerprint density at radius 1 is 0.875 bits per heavy atom. The highest BCUT2D eigenvalue weighted by molar-refractivity contribution is 8.01. The van der Waals surface area contributed by atoms with Crippen molar-refractivity contribution in [3.8, 4) is 0 Å². The minimum absolute atomic E-state index is 0.0180. The smallest absolute Gasteiger partial charge is 0.345 e. The molecule has 158 valence electrons. The molecule has 3 aromatic rings. The molecule has 0 saturated heterocycles. The molecular formula is C23H14N2O6S. The predicted octanol–water partition coefficient (Wildman–Crippen LogP) is 3.64. The number of para-hydroxylation sites is 1. The van der Waals surface area contributed by atoms with Crippen LogP contribution in [0, 0.1) is 0 Å². The fraction of sp³-hybridized carbons (Fsp3) is 0.0435. The molecule has 0 radical (unpaired) electrons. The Morgan fingerprint density at radius 3 is 2.22 bits per heavy atom. The number of carbonyl (C=O) groups excluding carboxylic acids is 2. The number of hydrogen-bond acceptors (Lipinski definition) is 6. The van der Waals surface area contributed by atoms with Gasteiger partial charge in [-0.25, -0.2) is 14.5 Å². The van der Waals surface area contributed by atoms with Gasteiger partial charge in [0.1, 0.15) is 0 Å². The van der Waals surface area contributed by atoms with E-state index in [1.54, 1.807) is 18.2 Å². The lowest BCUT2D eigenvalue weighted by atomic mass is 10.0. The minimum atomic E-state index is -1.44. The summed E-state index contributed by atoms with van der Waals surface area (Å²) in [6, 6.07) is 17.2. The van der Waals surface area contributed by atoms with Gasteiger partial charge in [-0.1, -0.05) is 36.0 Å². The van der Waals surface area contributed by atoms with E-state index in [2.05, 4.69) is 5.32 Å². The van der Waals surface area contributed by atoms with Gasteiger partial charge in [-0.2, -0.15) is 0 Å². The normalized spacial score (nSPS) is 18.8. The van der Waals surface area contributed by atoms with Crippen LogP contribution in [0.2, 0.25) is 0 Å². The number of carboxylic acids is 2. The van der Waals surface area contributed by atoms with E-state index in [0.29, 0.717) is 11.3 Å². The number of carbonyl (C=O) groups is 4. The third-order valence-corrected chi connectivity index (χ3v) is 6.82. The molecule has 0 aromatic heterocycles. The van der Waals surface area contributed by atoms with E-state index in [1.807, 2.05) is 18.2 Å². The van der Waals surface area contributed by atoms with Gasteiger partial charge < -0.3 is 15.5 Å². The number of aliphatic carboxylic acids is 1. The molecule has 1 atom stereocenters. The zero-order valence-electron chi connectivity index (χ0n) is 16.2. The monoisotopic (exact) mass is 446 g/mol. The number of nitrogens with zero attached hydrogens (tertiary/aromatic N) is 1. The van der Waals surface area contributed by atoms with E-state index in [1.165, 1.54) is 30.3 Å². The Hall–Kier alpha value is -4.11. The maximum absolute atomic E-state index is 12.8. The third-order valence-electron chi connectivity index (χ3n) is 5.43. The lowest BCUT2D eigenvalue weighted by Crippen LogP contribution is -2.37. The number of benzene rings is 3. The maximum Gasteiger partial charge on any atom is 0.345 e. The van der Waals surface area contributed by atoms with Crippen LogP contribution in [-0.2, 0) is 9.67 Å². The first-order valence-corrected chi connectivity index (χ1v) is 10.3. The summed E-state index contributed by atoms with van der Waals surface area (Å²) < 4.78 is 0. The Kier molecular flexibility index (Phi) is 4.31. The fourth-order valence-electron chi connectivity index (χ4n) is 3.84. The second-order valence-electron chi connectivity index (χ2n) is 7.27. The quantitative estimate of drug-likeness (QED) is 0.519. The molecule has 32 heavy (non-hydrogen) atoms. The topological polar surface area (TPSA) is 124 Å². The Balaban J connectivity index is 1.49. The van der Waals surface area contributed by atoms with Crippen LogP contribution in [0.3, 0.4) is 0 Å². The van der Waals surface area contributed by atoms with Crippen molar-refractivity contribution in [2.75, 3.05) is 10.2 Å². The molecule has 1 unspecified atom stereocenters. The standard InChI is InChI=1S/C23H14N2O6S/c26-19-15-10-5-12(21(28)29)11-16(15)20(27)25(19)14-8-6-13(7-9-14)23(22(30)31)24-17-3-1-2-4-18(17)32-23/h1-11,24H,(H,28,29)(H,30,31). The van der Waals surface area contributed by atoms with E-state index < -0.39 is 28.6 Å². The van der Waals surface area contributed by atoms with Crippen molar-refractivity contribution < 1.29 is 29.4 Å². The van der Waals surface area contributed by atoms with E-state index in [-0.39, 0.29) is 22.4 Å². The van der Waals surface area contributed by atoms with E-state index in [0.717, 1.165) is 21.6 Å². The van der Waals surface area contributed by atoms with Crippen LogP contribution in [-0.4, -0.2) is 34.0 Å². The van der Waals surface area contributed by atoms with Crippen LogP contribution < -0.4 is 10.2 Å². The SMILES string of the molecule is O=C(O)c1ccc2c(c1)C(=O)N(c1ccc(C3(C(=O)O)Nc4ccccc4S3)cc1)C2=O. The molecule has 3 aromatic carbocycles. The van der Waals surface area contributed by atoms with Crippen molar-refractivity contribution in [3.05, 3.63) is 89.0 Å². The van der Waals surface area contributed by atoms with Crippen LogP contribution in [0.1, 0.15) is 36.6 Å². The average molecular weight is 446 g/mol. The molecular weight excluding hydrogens is 432 g/mol. The molecule has 3 N–H and O–H groups in total. The van der Waals surface area contributed by atoms with Crippen molar-refractivity contribution >= 4 is 46.9 Å². The van der Waals surface area contributed by atoms with Gasteiger partial charge in [0.2, 0.25) is 4.87 Å². The number of amides is 2. The summed E-state index contributed by atoms with van der Waals surface area (Å²) in [6.07, 6.45) is 0. The van der Waals surface area contributed by atoms with Crippen molar-refractivity contribution in [1.29, 1.82) is 0 Å². The molecule has 0 aliphatic carbocycles. The highest BCUT2D eigenvalue weighted by atomic mass is 32.2. The molecule has 0 saturated carbocycles. The summed E-state index contributed by atoms with van der Waals surface area (Å²) in [5, 5.41) is 22.2. The van der Waals surface area contributed by atoms with Crippen LogP contribution in [0.15, 0.2) is 71.6 Å². The Bertz CT molecular complexity index is 1310. The average Bonchev–Trinajstić information content (AvgIpc) is 3.30. The number of rotatable bonds is 4. The molecule has 0 spiro atoms. The summed E-state index contributed by atoms with van der Waals surface area (Å²) in [6.45, 7) is 0. The second-order valence-corrected chi connectivity index (χ2v) is 8.52. The summed E-state index contributed by atoms with van der Waals surface area (Å²) in [7, 11) is 0. The van der Waals surface area contributed by atoms with Crippen LogP contribution in [0.5, 0.6) is 0 Å². The molecule has 9 heteroatoms. The van der Waals surface area contributed by atoms with Crippen LogP contribution >= 0.6 is 11.8 Å². The van der Waals surface area contributed by atoms with Crippen LogP contribution in [0.4, 0.5) is 11.4 Å². The fourth-order valence-corrected chi connectivity index (χ4v) is 5.05. The van der Waals surface area contributed by atoms with Crippen molar-refractivity contribution in [2.45, 2.75) is 9.77 Å². The number of nitrogens with one attached hydrogen (secondary N) is 1. The van der Waals surface area contributed by atoms with Gasteiger partial charge >= 0.3 is 11.9 Å². The summed E-state index contributed by atoms with van der Waals surface area (Å²) in [5.74, 6) is -3.47. The first-order chi connectivity index (χ1) is 15.3. The van der Waals surface area contributed by atoms with Gasteiger partial charge in [0.15, 0.2) is 0 Å². The number of aromatic carboxylic acids is 1. The zero-order chi connectivity index (χ0) is 22.6. The molecule has 5 rings (SSSR count). The Labute approximate surface area is 185 Å². The van der Waals surface area contributed by atoms with Gasteiger partial charge in [-0.05, 0) is 48.0 Å². The van der Waals surface area contributed by atoms with Crippen molar-refractivity contribution in [3.63, 3.8) is 0 Å². The summed E-state index contributed by atoms with van der Waals surface area (Å²) >= 11 is 1.16. The number of thioether (sulfide) groups is 1. The molecule has 0 fully saturated rings. The molecule has 2 amide bonds. The van der Waals surface area contributed by atoms with Gasteiger partial charge in [0.05, 0.1) is 22.4 Å². The first kappa shape index (κ1) is 19.8. The third kappa shape index (κ3) is 2.78. The first-order valence-electron chi connectivity index (χ1n) is 9.48. The highest BCUT2D eigenvalue weighted by Gasteiger charge is 2.47. The molecule has 0 bridgehead atoms. The van der Waals surface area contributed by atoms with Gasteiger partial charge in [-0.15, -0.1) is 0 Å². The summed E-state index contributed by atoms with van der Waals surface area (Å²) in [4.78, 5) is 49.4. The summed E-state index contributed by atoms with van der Waals surface area (Å²) in [5.41, 5.74) is 1.46. The largest absolute Gasteiger partial charge is 0.479 e. The lowest BCUT2D eigenvalue weighted by molar-refractivity contribution is -0.139. The maximum atomic E-state index is 12.8. The van der Waals surface area contributed by atoms with Gasteiger partial charge in [0.25, 0.3) is 11.8 Å². The predicted molar refractivity (Wildman–Crippen MR) is 116 cm³/mol. The van der Waals surface area contributed by atoms with E-state index in [4.69, 9.17) is 5.11 Å². The lowest BCUT2D eigenvalue weighted by Gasteiger charge is -2.25. The van der Waals surface area contributed by atoms with Gasteiger partial charge in [0, 0.05) is 10.6 Å². The van der Waals surface area contributed by atoms with Crippen LogP contribution in [0.25, 0.3) is 0 Å². The second kappa shape index (κ2) is 6.96. The highest BCUT2D eigenvalue weighted by Crippen LogP contribution is 2.51. The molecule has 2 heterocycles. The number of anilines is 2. The number of hydrogen-bond donors (Lipinski definition) is 3. The Morgan fingerprint density at radius 2 is 1.56 bits per heavy atom. The number of carboxylic acid groups (broad SMARTS) is 2. The van der Waals surface area contributed by atoms with Crippen molar-refractivity contribution in [2.24, 2.45) is 0 Å². The van der Waals surface area contributed by atoms with Crippen molar-refractivity contribution in [1.82, 2.24) is 0 Å². The molecule has 2 aliphatic rings. The number of imide groups is 1. The van der Waals surface area contributed by atoms with Gasteiger partial charge in [-0.3, -0.25) is 9.59 Å². The minimum Gasteiger partial charge on any atom is -0.479 e. The van der Waals surface area contributed by atoms with E-state index >= 15 is 0 Å². The van der Waals surface area contributed by atoms with E-state index in [9.17, 15) is 24.3 Å². The molecule has 2 aliphatic heterocycles. The number of fused-ring (bicyclic) bond motifs is 2.